The molecule has 1 aromatic rings. The minimum atomic E-state index is -0.137. The number of nitrogens with one attached hydrogen (secondary N) is 1. The average molecular weight is 277 g/mol. The van der Waals surface area contributed by atoms with Gasteiger partial charge in [-0.05, 0) is 31.9 Å². The van der Waals surface area contributed by atoms with Crippen LogP contribution in [0.15, 0.2) is 29.2 Å². The summed E-state index contributed by atoms with van der Waals surface area (Å²) in [5.74, 6) is 0.0911. The number of thioether (sulfide) groups is 1. The molecule has 0 bridgehead atoms. The highest BCUT2D eigenvalue weighted by Crippen LogP contribution is 2.25. The van der Waals surface area contributed by atoms with E-state index in [1.165, 1.54) is 24.6 Å². The van der Waals surface area contributed by atoms with E-state index in [-0.39, 0.29) is 11.2 Å². The molecule has 1 amide bonds. The number of carbonyl (C=O) groups is 2. The van der Waals surface area contributed by atoms with Crippen LogP contribution in [0.2, 0.25) is 0 Å². The second-order valence-corrected chi connectivity index (χ2v) is 6.35. The summed E-state index contributed by atoms with van der Waals surface area (Å²) in [5, 5.41) is 2.96. The lowest BCUT2D eigenvalue weighted by atomic mass is 10.2. The van der Waals surface area contributed by atoms with Crippen molar-refractivity contribution in [2.45, 2.75) is 48.8 Å². The normalized spacial score (nSPS) is 17.1. The van der Waals surface area contributed by atoms with Gasteiger partial charge in [-0.3, -0.25) is 9.59 Å². The first-order chi connectivity index (χ1) is 9.19. The van der Waals surface area contributed by atoms with Gasteiger partial charge in [0, 0.05) is 16.5 Å². The van der Waals surface area contributed by atoms with Crippen molar-refractivity contribution in [1.29, 1.82) is 0 Å². The van der Waals surface area contributed by atoms with Crippen molar-refractivity contribution in [3.8, 4) is 0 Å². The van der Waals surface area contributed by atoms with Crippen LogP contribution >= 0.6 is 11.8 Å². The third-order valence-corrected chi connectivity index (χ3v) is 4.47. The lowest BCUT2D eigenvalue weighted by Gasteiger charge is -2.16. The van der Waals surface area contributed by atoms with Crippen LogP contribution in [0.5, 0.6) is 0 Å². The molecule has 1 aromatic carbocycles. The molecule has 1 atom stereocenters. The summed E-state index contributed by atoms with van der Waals surface area (Å²) in [4.78, 5) is 23.7. The van der Waals surface area contributed by atoms with Crippen molar-refractivity contribution in [2.24, 2.45) is 0 Å². The van der Waals surface area contributed by atoms with Crippen molar-refractivity contribution in [3.05, 3.63) is 29.8 Å². The van der Waals surface area contributed by atoms with Gasteiger partial charge in [0.15, 0.2) is 0 Å². The molecule has 0 saturated heterocycles. The molecule has 0 spiro atoms. The maximum absolute atomic E-state index is 12.1. The van der Waals surface area contributed by atoms with Gasteiger partial charge in [0.1, 0.15) is 6.29 Å². The first kappa shape index (κ1) is 14.1. The predicted octanol–water partition coefficient (Wildman–Crippen LogP) is 3.04. The largest absolute Gasteiger partial charge is 0.352 e. The van der Waals surface area contributed by atoms with Gasteiger partial charge in [-0.15, -0.1) is 11.8 Å². The number of benzene rings is 1. The highest BCUT2D eigenvalue weighted by atomic mass is 32.2. The van der Waals surface area contributed by atoms with E-state index in [0.29, 0.717) is 11.6 Å². The topological polar surface area (TPSA) is 46.2 Å². The maximum atomic E-state index is 12.1. The Morgan fingerprint density at radius 2 is 2.16 bits per heavy atom. The second-order valence-electron chi connectivity index (χ2n) is 4.94. The number of hydrogen-bond donors (Lipinski definition) is 1. The van der Waals surface area contributed by atoms with Crippen molar-refractivity contribution < 1.29 is 9.59 Å². The van der Waals surface area contributed by atoms with E-state index >= 15 is 0 Å². The molecule has 0 heterocycles. The third kappa shape index (κ3) is 4.10. The zero-order valence-electron chi connectivity index (χ0n) is 11.1. The molecule has 1 N–H and O–H groups in total. The van der Waals surface area contributed by atoms with Crippen LogP contribution in [0.3, 0.4) is 0 Å². The fraction of sp³-hybridized carbons (Fsp3) is 0.467. The van der Waals surface area contributed by atoms with Gasteiger partial charge in [0.25, 0.3) is 0 Å². The molecule has 102 valence electrons. The standard InChI is InChI=1S/C15H19NO2S/c1-11(15(18)16-13-6-2-3-7-13)19-14-8-4-5-12(9-14)10-17/h4-5,8-11,13H,2-3,6-7H2,1H3,(H,16,18). The second kappa shape index (κ2) is 6.75. The van der Waals surface area contributed by atoms with Crippen molar-refractivity contribution >= 4 is 24.0 Å². The van der Waals surface area contributed by atoms with Crippen LogP contribution in [0, 0.1) is 0 Å². The summed E-state index contributed by atoms with van der Waals surface area (Å²) in [6.45, 7) is 1.91. The molecule has 4 heteroatoms. The van der Waals surface area contributed by atoms with Gasteiger partial charge in [-0.2, -0.15) is 0 Å². The molecule has 1 aliphatic rings. The zero-order valence-corrected chi connectivity index (χ0v) is 11.9. The summed E-state index contributed by atoms with van der Waals surface area (Å²) >= 11 is 1.49. The minimum absolute atomic E-state index is 0.0911. The Balaban J connectivity index is 1.89. The first-order valence-corrected chi connectivity index (χ1v) is 7.59. The SMILES string of the molecule is CC(Sc1cccc(C=O)c1)C(=O)NC1CCCC1. The van der Waals surface area contributed by atoms with Gasteiger partial charge in [0.05, 0.1) is 5.25 Å². The molecule has 0 aromatic heterocycles. The molecule has 0 radical (unpaired) electrons. The number of carbonyl (C=O) groups excluding carboxylic acids is 2. The molecule has 1 unspecified atom stereocenters. The van der Waals surface area contributed by atoms with E-state index in [0.717, 1.165) is 24.0 Å². The number of amides is 1. The molecule has 19 heavy (non-hydrogen) atoms. The Kier molecular flexibility index (Phi) is 5.02. The van der Waals surface area contributed by atoms with E-state index in [1.54, 1.807) is 6.07 Å². The summed E-state index contributed by atoms with van der Waals surface area (Å²) in [7, 11) is 0. The first-order valence-electron chi connectivity index (χ1n) is 6.71. The lowest BCUT2D eigenvalue weighted by molar-refractivity contribution is -0.120. The van der Waals surface area contributed by atoms with Crippen molar-refractivity contribution in [2.75, 3.05) is 0 Å². The summed E-state index contributed by atoms with van der Waals surface area (Å²) < 4.78 is 0. The van der Waals surface area contributed by atoms with Crippen molar-refractivity contribution in [1.82, 2.24) is 5.32 Å². The fourth-order valence-corrected chi connectivity index (χ4v) is 3.25. The van der Waals surface area contributed by atoms with E-state index in [2.05, 4.69) is 5.32 Å². The van der Waals surface area contributed by atoms with E-state index in [1.807, 2.05) is 25.1 Å². The Bertz CT molecular complexity index is 455. The van der Waals surface area contributed by atoms with Crippen LogP contribution in [-0.4, -0.2) is 23.5 Å². The highest BCUT2D eigenvalue weighted by Gasteiger charge is 2.21. The maximum Gasteiger partial charge on any atom is 0.233 e. The molecule has 2 rings (SSSR count). The highest BCUT2D eigenvalue weighted by molar-refractivity contribution is 8.00. The predicted molar refractivity (Wildman–Crippen MR) is 77.5 cm³/mol. The smallest absolute Gasteiger partial charge is 0.233 e. The summed E-state index contributed by atoms with van der Waals surface area (Å²) in [6.07, 6.45) is 5.46. The monoisotopic (exact) mass is 277 g/mol. The fourth-order valence-electron chi connectivity index (χ4n) is 2.31. The molecule has 0 aliphatic heterocycles. The Morgan fingerprint density at radius 1 is 1.42 bits per heavy atom. The number of rotatable bonds is 5. The number of hydrogen-bond acceptors (Lipinski definition) is 3. The van der Waals surface area contributed by atoms with E-state index in [9.17, 15) is 9.59 Å². The third-order valence-electron chi connectivity index (χ3n) is 3.38. The van der Waals surface area contributed by atoms with Crippen LogP contribution in [0.4, 0.5) is 0 Å². The average Bonchev–Trinajstić information content (AvgIpc) is 2.91. The van der Waals surface area contributed by atoms with Crippen LogP contribution < -0.4 is 5.32 Å². The van der Waals surface area contributed by atoms with E-state index in [4.69, 9.17) is 0 Å². The quantitative estimate of drug-likeness (QED) is 0.664. The molecular formula is C15H19NO2S. The van der Waals surface area contributed by atoms with E-state index < -0.39 is 0 Å². The van der Waals surface area contributed by atoms with Crippen LogP contribution in [0.25, 0.3) is 0 Å². The Morgan fingerprint density at radius 3 is 2.84 bits per heavy atom. The Hall–Kier alpha value is -1.29. The van der Waals surface area contributed by atoms with Crippen molar-refractivity contribution in [3.63, 3.8) is 0 Å². The van der Waals surface area contributed by atoms with Crippen LogP contribution in [0.1, 0.15) is 43.0 Å². The van der Waals surface area contributed by atoms with Gasteiger partial charge in [0.2, 0.25) is 5.91 Å². The summed E-state index contributed by atoms with van der Waals surface area (Å²) in [6, 6.07) is 7.71. The molecule has 1 aliphatic carbocycles. The van der Waals surface area contributed by atoms with Gasteiger partial charge >= 0.3 is 0 Å². The lowest BCUT2D eigenvalue weighted by Crippen LogP contribution is -2.37. The molecule has 1 saturated carbocycles. The van der Waals surface area contributed by atoms with Gasteiger partial charge in [-0.25, -0.2) is 0 Å². The number of aldehydes is 1. The summed E-state index contributed by atoms with van der Waals surface area (Å²) in [5.41, 5.74) is 0.647. The molecule has 1 fully saturated rings. The van der Waals surface area contributed by atoms with Gasteiger partial charge < -0.3 is 5.32 Å². The minimum Gasteiger partial charge on any atom is -0.352 e. The molecular weight excluding hydrogens is 258 g/mol. The Labute approximate surface area is 118 Å². The van der Waals surface area contributed by atoms with Crippen LogP contribution in [-0.2, 0) is 4.79 Å². The van der Waals surface area contributed by atoms with Gasteiger partial charge in [-0.1, -0.05) is 25.0 Å². The molecule has 3 nitrogen and oxygen atoms in total. The zero-order chi connectivity index (χ0) is 13.7.